The van der Waals surface area contributed by atoms with Crippen LogP contribution in [0.15, 0.2) is 42.7 Å². The van der Waals surface area contributed by atoms with Gasteiger partial charge in [0.25, 0.3) is 0 Å². The molecule has 1 aromatic carbocycles. The molecule has 0 fully saturated rings. The first-order valence-corrected chi connectivity index (χ1v) is 9.12. The average Bonchev–Trinajstić information content (AvgIpc) is 2.85. The Balaban J connectivity index is 2.19. The fourth-order valence-corrected chi connectivity index (χ4v) is 3.12. The van der Waals surface area contributed by atoms with Crippen LogP contribution in [0, 0.1) is 11.5 Å². The lowest BCUT2D eigenvalue weighted by atomic mass is 10.2. The van der Waals surface area contributed by atoms with Crippen molar-refractivity contribution in [3.05, 3.63) is 53.4 Å². The van der Waals surface area contributed by atoms with E-state index >= 15 is 0 Å². The summed E-state index contributed by atoms with van der Waals surface area (Å²) in [5, 5.41) is 1.77. The molecule has 0 aliphatic rings. The second-order valence-electron chi connectivity index (χ2n) is 5.52. The van der Waals surface area contributed by atoms with Crippen molar-refractivity contribution >= 4 is 32.0 Å². The maximum atomic E-state index is 6.10. The van der Waals surface area contributed by atoms with Gasteiger partial charge < -0.3 is 0 Å². The van der Waals surface area contributed by atoms with Crippen LogP contribution in [0.3, 0.4) is 0 Å². The largest absolute Gasteiger partial charge is 0.271 e. The molecule has 0 spiro atoms. The minimum absolute atomic E-state index is 0.379. The van der Waals surface area contributed by atoms with Crippen molar-refractivity contribution in [3.63, 3.8) is 0 Å². The maximum absolute atomic E-state index is 6.10. The molecule has 3 nitrogen and oxygen atoms in total. The molecule has 0 bridgehead atoms. The first kappa shape index (κ1) is 14.8. The van der Waals surface area contributed by atoms with E-state index in [0.29, 0.717) is 11.5 Å². The van der Waals surface area contributed by atoms with Gasteiger partial charge in [-0.05, 0) is 35.9 Å². The van der Waals surface area contributed by atoms with Gasteiger partial charge in [-0.3, -0.25) is 4.57 Å². The van der Waals surface area contributed by atoms with Gasteiger partial charge in [-0.1, -0.05) is 31.4 Å². The molecule has 5 heteroatoms. The van der Waals surface area contributed by atoms with Gasteiger partial charge in [0, 0.05) is 22.8 Å². The van der Waals surface area contributed by atoms with Crippen LogP contribution in [-0.4, -0.2) is 24.1 Å². The Kier molecular flexibility index (Phi) is 4.28. The van der Waals surface area contributed by atoms with E-state index in [1.54, 1.807) is 12.4 Å². The summed E-state index contributed by atoms with van der Waals surface area (Å²) in [6.45, 7) is 4.44. The standard InChI is InChI=1S/C17H16ClN3Si/c1-12(2)22-9-6-15-11-13-10-14(18)4-5-16(13)21(15)17-19-7-3-8-20-17/h3-5,7-8,10-12H,22H2,1-2H3. The smallest absolute Gasteiger partial charge is 0.235 e. The van der Waals surface area contributed by atoms with Crippen LogP contribution in [0.2, 0.25) is 10.6 Å². The number of fused-ring (bicyclic) bond motifs is 1. The quantitative estimate of drug-likeness (QED) is 0.534. The zero-order valence-corrected chi connectivity index (χ0v) is 14.7. The Morgan fingerprint density at radius 1 is 1.18 bits per heavy atom. The molecule has 3 rings (SSSR count). The van der Waals surface area contributed by atoms with E-state index in [9.17, 15) is 0 Å². The van der Waals surface area contributed by atoms with E-state index in [4.69, 9.17) is 11.6 Å². The summed E-state index contributed by atoms with van der Waals surface area (Å²) >= 11 is 6.10. The molecule has 0 saturated heterocycles. The Morgan fingerprint density at radius 3 is 2.68 bits per heavy atom. The van der Waals surface area contributed by atoms with Gasteiger partial charge in [-0.15, -0.1) is 5.54 Å². The third kappa shape index (κ3) is 3.06. The first-order chi connectivity index (χ1) is 10.6. The van der Waals surface area contributed by atoms with Crippen LogP contribution in [-0.2, 0) is 0 Å². The molecule has 2 heterocycles. The summed E-state index contributed by atoms with van der Waals surface area (Å²) in [4.78, 5) is 8.72. The first-order valence-electron chi connectivity index (χ1n) is 7.22. The number of rotatable bonds is 2. The normalized spacial score (nSPS) is 11.3. The lowest BCUT2D eigenvalue weighted by Gasteiger charge is -2.05. The van der Waals surface area contributed by atoms with E-state index in [2.05, 4.69) is 41.3 Å². The van der Waals surface area contributed by atoms with Crippen molar-refractivity contribution in [2.24, 2.45) is 0 Å². The summed E-state index contributed by atoms with van der Waals surface area (Å²) in [5.74, 6) is 3.94. The number of benzene rings is 1. The monoisotopic (exact) mass is 325 g/mol. The van der Waals surface area contributed by atoms with Gasteiger partial charge in [0.1, 0.15) is 9.52 Å². The van der Waals surface area contributed by atoms with Gasteiger partial charge in [0.05, 0.1) is 11.2 Å². The van der Waals surface area contributed by atoms with Gasteiger partial charge in [0.15, 0.2) is 0 Å². The van der Waals surface area contributed by atoms with Crippen LogP contribution in [0.1, 0.15) is 19.5 Å². The maximum Gasteiger partial charge on any atom is 0.235 e. The Labute approximate surface area is 137 Å². The van der Waals surface area contributed by atoms with Crippen LogP contribution in [0.5, 0.6) is 0 Å². The molecule has 0 atom stereocenters. The van der Waals surface area contributed by atoms with Crippen LogP contribution < -0.4 is 0 Å². The molecule has 110 valence electrons. The lowest BCUT2D eigenvalue weighted by molar-refractivity contribution is 0.951. The summed E-state index contributed by atoms with van der Waals surface area (Å²) in [6.07, 6.45) is 3.48. The Bertz CT molecular complexity index is 860. The van der Waals surface area contributed by atoms with Gasteiger partial charge >= 0.3 is 0 Å². The fraction of sp³-hybridized carbons (Fsp3) is 0.176. The van der Waals surface area contributed by atoms with Crippen molar-refractivity contribution in [1.29, 1.82) is 0 Å². The molecule has 22 heavy (non-hydrogen) atoms. The molecule has 2 aromatic heterocycles. The predicted molar refractivity (Wildman–Crippen MR) is 94.4 cm³/mol. The molecule has 0 aliphatic carbocycles. The predicted octanol–water partition coefficient (Wildman–Crippen LogP) is 3.38. The minimum atomic E-state index is -0.379. The van der Waals surface area contributed by atoms with Gasteiger partial charge in [0.2, 0.25) is 5.95 Å². The summed E-state index contributed by atoms with van der Waals surface area (Å²) in [7, 11) is -0.379. The van der Waals surface area contributed by atoms with Crippen molar-refractivity contribution < 1.29 is 0 Å². The molecule has 0 aliphatic heterocycles. The molecule has 0 saturated carbocycles. The second kappa shape index (κ2) is 6.35. The molecule has 0 radical (unpaired) electrons. The number of nitrogens with zero attached hydrogens (tertiary/aromatic N) is 3. The van der Waals surface area contributed by atoms with E-state index in [1.165, 1.54) is 0 Å². The van der Waals surface area contributed by atoms with Crippen LogP contribution in [0.25, 0.3) is 16.9 Å². The number of hydrogen-bond donors (Lipinski definition) is 0. The highest BCUT2D eigenvalue weighted by Crippen LogP contribution is 2.25. The molecular weight excluding hydrogens is 310 g/mol. The second-order valence-corrected chi connectivity index (χ2v) is 8.35. The third-order valence-electron chi connectivity index (χ3n) is 3.24. The zero-order valence-electron chi connectivity index (χ0n) is 12.5. The summed E-state index contributed by atoms with van der Waals surface area (Å²) in [5.41, 5.74) is 5.99. The minimum Gasteiger partial charge on any atom is -0.271 e. The van der Waals surface area contributed by atoms with Crippen molar-refractivity contribution in [2.45, 2.75) is 19.4 Å². The fourth-order valence-electron chi connectivity index (χ4n) is 2.25. The SMILES string of the molecule is CC(C)[SiH2]C#Cc1cc2cc(Cl)ccc2n1-c1ncccn1. The lowest BCUT2D eigenvalue weighted by Crippen LogP contribution is -2.02. The van der Waals surface area contributed by atoms with Crippen LogP contribution >= 0.6 is 11.6 Å². The topological polar surface area (TPSA) is 30.7 Å². The Morgan fingerprint density at radius 2 is 1.95 bits per heavy atom. The van der Waals surface area contributed by atoms with E-state index in [1.807, 2.05) is 28.8 Å². The summed E-state index contributed by atoms with van der Waals surface area (Å²) < 4.78 is 1.99. The highest BCUT2D eigenvalue weighted by molar-refractivity contribution is 6.47. The molecule has 0 N–H and O–H groups in total. The average molecular weight is 326 g/mol. The molecule has 0 unspecified atom stereocenters. The highest BCUT2D eigenvalue weighted by Gasteiger charge is 2.11. The number of aromatic nitrogens is 3. The third-order valence-corrected chi connectivity index (χ3v) is 4.68. The highest BCUT2D eigenvalue weighted by atomic mass is 35.5. The van der Waals surface area contributed by atoms with E-state index < -0.39 is 0 Å². The molecule has 0 amide bonds. The summed E-state index contributed by atoms with van der Waals surface area (Å²) in [6, 6.07) is 9.67. The van der Waals surface area contributed by atoms with E-state index in [-0.39, 0.29) is 9.52 Å². The van der Waals surface area contributed by atoms with Crippen molar-refractivity contribution in [1.82, 2.24) is 14.5 Å². The van der Waals surface area contributed by atoms with Crippen molar-refractivity contribution in [3.8, 4) is 17.4 Å². The number of hydrogen-bond acceptors (Lipinski definition) is 2. The Hall–Kier alpha value is -2.09. The molecule has 3 aromatic rings. The van der Waals surface area contributed by atoms with Crippen LogP contribution in [0.4, 0.5) is 0 Å². The van der Waals surface area contributed by atoms with Crippen molar-refractivity contribution in [2.75, 3.05) is 0 Å². The zero-order chi connectivity index (χ0) is 15.5. The van der Waals surface area contributed by atoms with E-state index in [0.717, 1.165) is 21.6 Å². The number of halogens is 1. The molecular formula is C17H16ClN3Si. The van der Waals surface area contributed by atoms with Gasteiger partial charge in [-0.25, -0.2) is 9.97 Å². The van der Waals surface area contributed by atoms with Gasteiger partial charge in [-0.2, -0.15) is 0 Å².